The predicted molar refractivity (Wildman–Crippen MR) is 190 cm³/mol. The normalized spacial score (nSPS) is 12.0. The van der Waals surface area contributed by atoms with Gasteiger partial charge < -0.3 is 33.3 Å². The average Bonchev–Trinajstić information content (AvgIpc) is 3.06. The van der Waals surface area contributed by atoms with Gasteiger partial charge in [-0.1, -0.05) is 129 Å². The fourth-order valence-electron chi connectivity index (χ4n) is 4.93. The first-order chi connectivity index (χ1) is 23.1. The molecular weight excluding hydrogens is 623 g/mol. The number of rotatable bonds is 42. The average molecular weight is 699 g/mol. The molecular formula is C36H75O10P. The summed E-state index contributed by atoms with van der Waals surface area (Å²) < 4.78 is 54.7. The smallest absolute Gasteiger partial charge is 0.379 e. The van der Waals surface area contributed by atoms with Crippen molar-refractivity contribution in [3.8, 4) is 0 Å². The van der Waals surface area contributed by atoms with Gasteiger partial charge in [0.05, 0.1) is 79.3 Å². The Morgan fingerprint density at radius 2 is 0.532 bits per heavy atom. The van der Waals surface area contributed by atoms with Crippen molar-refractivity contribution in [3.63, 3.8) is 0 Å². The van der Waals surface area contributed by atoms with Gasteiger partial charge in [-0.15, -0.1) is 0 Å². The van der Waals surface area contributed by atoms with Gasteiger partial charge in [0.15, 0.2) is 0 Å². The summed E-state index contributed by atoms with van der Waals surface area (Å²) in [5.41, 5.74) is 0. The van der Waals surface area contributed by atoms with Gasteiger partial charge in [0.2, 0.25) is 0 Å². The van der Waals surface area contributed by atoms with Crippen LogP contribution in [0.15, 0.2) is 0 Å². The van der Waals surface area contributed by atoms with E-state index in [4.69, 9.17) is 37.5 Å². The molecule has 0 rings (SSSR count). The summed E-state index contributed by atoms with van der Waals surface area (Å²) in [6.45, 7) is 10.2. The molecule has 0 fully saturated rings. The van der Waals surface area contributed by atoms with Gasteiger partial charge in [-0.3, -0.25) is 9.05 Å². The highest BCUT2D eigenvalue weighted by Crippen LogP contribution is 2.42. The Morgan fingerprint density at radius 3 is 0.809 bits per heavy atom. The maximum Gasteiger partial charge on any atom is 0.472 e. The summed E-state index contributed by atoms with van der Waals surface area (Å²) >= 11 is 0. The molecule has 0 saturated carbocycles. The second-order valence-corrected chi connectivity index (χ2v) is 13.6. The van der Waals surface area contributed by atoms with Crippen molar-refractivity contribution < 1.29 is 46.9 Å². The number of ether oxygens (including phenoxy) is 6. The molecule has 0 radical (unpaired) electrons. The molecule has 0 aliphatic heterocycles. The lowest BCUT2D eigenvalue weighted by Gasteiger charge is -2.12. The Kier molecular flexibility index (Phi) is 40.2. The largest absolute Gasteiger partial charge is 0.472 e. The number of unbranched alkanes of at least 4 members (excludes halogenated alkanes) is 18. The summed E-state index contributed by atoms with van der Waals surface area (Å²) in [5, 5.41) is 0. The van der Waals surface area contributed by atoms with Crippen LogP contribution in [0.4, 0.5) is 0 Å². The van der Waals surface area contributed by atoms with Crippen molar-refractivity contribution in [1.82, 2.24) is 0 Å². The summed E-state index contributed by atoms with van der Waals surface area (Å²) in [6.07, 6.45) is 26.4. The van der Waals surface area contributed by atoms with Crippen molar-refractivity contribution in [1.29, 1.82) is 0 Å². The SMILES string of the molecule is CCCCCCCCCCCCOCCOCCOCCOP(=O)(O)OCCOCCOCCOCCCCCCCCCCCC. The molecule has 0 unspecified atom stereocenters. The van der Waals surface area contributed by atoms with E-state index in [9.17, 15) is 9.46 Å². The van der Waals surface area contributed by atoms with E-state index in [0.29, 0.717) is 52.9 Å². The van der Waals surface area contributed by atoms with Crippen LogP contribution in [0.2, 0.25) is 0 Å². The predicted octanol–water partition coefficient (Wildman–Crippen LogP) is 9.06. The van der Waals surface area contributed by atoms with Crippen LogP contribution in [0.5, 0.6) is 0 Å². The van der Waals surface area contributed by atoms with E-state index in [0.717, 1.165) is 26.1 Å². The summed E-state index contributed by atoms with van der Waals surface area (Å²) in [6, 6.07) is 0. The van der Waals surface area contributed by atoms with Crippen LogP contribution in [0.25, 0.3) is 0 Å². The monoisotopic (exact) mass is 699 g/mol. The van der Waals surface area contributed by atoms with E-state index in [1.165, 1.54) is 116 Å². The highest BCUT2D eigenvalue weighted by molar-refractivity contribution is 7.47. The fourth-order valence-corrected chi connectivity index (χ4v) is 5.61. The third-order valence-corrected chi connectivity index (χ3v) is 8.75. The van der Waals surface area contributed by atoms with E-state index >= 15 is 0 Å². The lowest BCUT2D eigenvalue weighted by atomic mass is 10.1. The van der Waals surface area contributed by atoms with Crippen LogP contribution >= 0.6 is 7.82 Å². The van der Waals surface area contributed by atoms with E-state index in [-0.39, 0.29) is 26.4 Å². The van der Waals surface area contributed by atoms with Gasteiger partial charge in [0.1, 0.15) is 0 Å². The van der Waals surface area contributed by atoms with Crippen molar-refractivity contribution >= 4 is 7.82 Å². The summed E-state index contributed by atoms with van der Waals surface area (Å²) in [5.74, 6) is 0. The Morgan fingerprint density at radius 1 is 0.319 bits per heavy atom. The van der Waals surface area contributed by atoms with Crippen molar-refractivity contribution in [2.45, 2.75) is 142 Å². The van der Waals surface area contributed by atoms with Gasteiger partial charge >= 0.3 is 7.82 Å². The first-order valence-electron chi connectivity index (χ1n) is 19.2. The van der Waals surface area contributed by atoms with Gasteiger partial charge in [-0.2, -0.15) is 0 Å². The molecule has 0 saturated heterocycles. The maximum atomic E-state index is 11.9. The van der Waals surface area contributed by atoms with E-state index in [1.54, 1.807) is 0 Å². The van der Waals surface area contributed by atoms with Gasteiger partial charge in [-0.25, -0.2) is 4.57 Å². The molecule has 284 valence electrons. The highest BCUT2D eigenvalue weighted by atomic mass is 31.2. The zero-order valence-electron chi connectivity index (χ0n) is 30.6. The molecule has 0 aromatic carbocycles. The Balaban J connectivity index is 3.25. The summed E-state index contributed by atoms with van der Waals surface area (Å²) in [7, 11) is -4.14. The maximum absolute atomic E-state index is 11.9. The van der Waals surface area contributed by atoms with E-state index < -0.39 is 7.82 Å². The van der Waals surface area contributed by atoms with Crippen LogP contribution in [0, 0.1) is 0 Å². The molecule has 0 spiro atoms. The highest BCUT2D eigenvalue weighted by Gasteiger charge is 2.20. The van der Waals surface area contributed by atoms with Crippen LogP contribution in [0.1, 0.15) is 142 Å². The Hall–Kier alpha value is -0.130. The molecule has 0 atom stereocenters. The first-order valence-corrected chi connectivity index (χ1v) is 20.7. The van der Waals surface area contributed by atoms with Crippen LogP contribution < -0.4 is 0 Å². The molecule has 0 aliphatic carbocycles. The standard InChI is InChI=1S/C36H75O10P/c1-3-5-7-9-11-13-15-17-19-21-23-39-25-27-41-29-31-43-33-35-45-47(37,38)46-36-34-44-32-30-42-28-26-40-24-22-20-18-16-14-12-10-8-6-4-2/h3-36H2,1-2H3,(H,37,38). The topological polar surface area (TPSA) is 111 Å². The summed E-state index contributed by atoms with van der Waals surface area (Å²) in [4.78, 5) is 9.74. The van der Waals surface area contributed by atoms with E-state index in [1.807, 2.05) is 0 Å². The van der Waals surface area contributed by atoms with Gasteiger partial charge in [-0.05, 0) is 12.8 Å². The number of hydrogen-bond acceptors (Lipinski definition) is 9. The second-order valence-electron chi connectivity index (χ2n) is 12.2. The zero-order chi connectivity index (χ0) is 34.2. The van der Waals surface area contributed by atoms with Gasteiger partial charge in [0.25, 0.3) is 0 Å². The van der Waals surface area contributed by atoms with Crippen LogP contribution in [-0.2, 0) is 42.0 Å². The lowest BCUT2D eigenvalue weighted by Crippen LogP contribution is -2.13. The first kappa shape index (κ1) is 46.9. The van der Waals surface area contributed by atoms with E-state index in [2.05, 4.69) is 13.8 Å². The van der Waals surface area contributed by atoms with Gasteiger partial charge in [0, 0.05) is 13.2 Å². The Labute approximate surface area is 289 Å². The Bertz CT molecular complexity index is 581. The van der Waals surface area contributed by atoms with Crippen LogP contribution in [-0.4, -0.2) is 97.4 Å². The molecule has 11 heteroatoms. The molecule has 0 aromatic rings. The number of phosphoric ester groups is 1. The molecule has 10 nitrogen and oxygen atoms in total. The molecule has 0 aliphatic rings. The fraction of sp³-hybridized carbons (Fsp3) is 1.00. The minimum absolute atomic E-state index is 0.0499. The molecule has 47 heavy (non-hydrogen) atoms. The molecule has 1 N–H and O–H groups in total. The molecule has 0 bridgehead atoms. The number of hydrogen-bond donors (Lipinski definition) is 1. The zero-order valence-corrected chi connectivity index (χ0v) is 31.5. The number of phosphoric acid groups is 1. The molecule has 0 amide bonds. The van der Waals surface area contributed by atoms with Crippen molar-refractivity contribution in [3.05, 3.63) is 0 Å². The lowest BCUT2D eigenvalue weighted by molar-refractivity contribution is 0.000937. The second kappa shape index (κ2) is 40.3. The third kappa shape index (κ3) is 42.0. The van der Waals surface area contributed by atoms with Crippen molar-refractivity contribution in [2.75, 3.05) is 92.5 Å². The van der Waals surface area contributed by atoms with Crippen molar-refractivity contribution in [2.24, 2.45) is 0 Å². The molecule has 0 aromatic heterocycles. The minimum Gasteiger partial charge on any atom is -0.379 e. The quantitative estimate of drug-likeness (QED) is 0.0490. The third-order valence-electron chi connectivity index (χ3n) is 7.74. The van der Waals surface area contributed by atoms with Crippen LogP contribution in [0.3, 0.4) is 0 Å². The molecule has 0 heterocycles. The minimum atomic E-state index is -4.14.